The summed E-state index contributed by atoms with van der Waals surface area (Å²) in [7, 11) is 2.91. The van der Waals surface area contributed by atoms with E-state index in [4.69, 9.17) is 10.3 Å². The second-order valence-corrected chi connectivity index (χ2v) is 3.34. The summed E-state index contributed by atoms with van der Waals surface area (Å²) in [6, 6.07) is -0.446. The molecule has 0 heterocycles. The van der Waals surface area contributed by atoms with Crippen LogP contribution in [0.4, 0.5) is 0 Å². The van der Waals surface area contributed by atoms with Crippen LogP contribution in [-0.4, -0.2) is 45.9 Å². The lowest BCUT2D eigenvalue weighted by Crippen LogP contribution is -2.45. The first-order chi connectivity index (χ1) is 7.67. The van der Waals surface area contributed by atoms with Gasteiger partial charge in [0.15, 0.2) is 0 Å². The molecule has 0 radical (unpaired) electrons. The van der Waals surface area contributed by atoms with E-state index in [2.05, 4.69) is 20.1 Å². The molecule has 0 aromatic rings. The Morgan fingerprint density at radius 1 is 1.56 bits per heavy atom. The van der Waals surface area contributed by atoms with Crippen molar-refractivity contribution in [3.8, 4) is 0 Å². The smallest absolute Gasteiger partial charge is 0.323 e. The summed E-state index contributed by atoms with van der Waals surface area (Å²) in [4.78, 5) is 14.1. The van der Waals surface area contributed by atoms with Crippen molar-refractivity contribution in [2.24, 2.45) is 11.0 Å². The number of rotatable bonds is 8. The number of ether oxygens (including phenoxy) is 2. The minimum Gasteiger partial charge on any atom is -0.468 e. The molecule has 2 atom stereocenters. The van der Waals surface area contributed by atoms with Crippen molar-refractivity contribution in [1.82, 2.24) is 5.32 Å². The van der Waals surface area contributed by atoms with E-state index in [0.717, 1.165) is 0 Å². The van der Waals surface area contributed by atoms with Crippen molar-refractivity contribution in [3.63, 3.8) is 0 Å². The second-order valence-electron chi connectivity index (χ2n) is 3.34. The lowest BCUT2D eigenvalue weighted by Gasteiger charge is -2.21. The van der Waals surface area contributed by atoms with Crippen LogP contribution in [0.15, 0.2) is 5.11 Å². The van der Waals surface area contributed by atoms with Gasteiger partial charge in [0.25, 0.3) is 0 Å². The largest absolute Gasteiger partial charge is 0.468 e. The van der Waals surface area contributed by atoms with Crippen LogP contribution < -0.4 is 5.32 Å². The maximum Gasteiger partial charge on any atom is 0.323 e. The summed E-state index contributed by atoms with van der Waals surface area (Å²) in [5.41, 5.74) is 8.10. The summed E-state index contributed by atoms with van der Waals surface area (Å²) in [6.45, 7) is 3.06. The van der Waals surface area contributed by atoms with Crippen molar-refractivity contribution < 1.29 is 14.3 Å². The van der Waals surface area contributed by atoms with Gasteiger partial charge in [-0.05, 0) is 5.53 Å². The molecule has 1 N–H and O–H groups in total. The first-order valence-electron chi connectivity index (χ1n) is 4.98. The zero-order chi connectivity index (χ0) is 12.4. The first-order valence-corrected chi connectivity index (χ1v) is 4.98. The summed E-state index contributed by atoms with van der Waals surface area (Å²) in [6.07, 6.45) is 0. The van der Waals surface area contributed by atoms with E-state index < -0.39 is 6.04 Å². The third-order valence-electron chi connectivity index (χ3n) is 2.09. The van der Waals surface area contributed by atoms with E-state index >= 15 is 0 Å². The molecule has 0 saturated heterocycles. The molecular formula is C9H18N4O3. The van der Waals surface area contributed by atoms with Gasteiger partial charge in [0.2, 0.25) is 0 Å². The van der Waals surface area contributed by atoms with Crippen LogP contribution >= 0.6 is 0 Å². The molecule has 92 valence electrons. The summed E-state index contributed by atoms with van der Waals surface area (Å²) < 4.78 is 9.65. The van der Waals surface area contributed by atoms with Gasteiger partial charge >= 0.3 is 5.97 Å². The first kappa shape index (κ1) is 14.7. The van der Waals surface area contributed by atoms with Crippen LogP contribution in [0.2, 0.25) is 0 Å². The van der Waals surface area contributed by atoms with E-state index in [1.807, 2.05) is 6.92 Å². The summed E-state index contributed by atoms with van der Waals surface area (Å²) in [5, 5.41) is 6.34. The fourth-order valence-corrected chi connectivity index (χ4v) is 1.32. The predicted molar refractivity (Wildman–Crippen MR) is 58.9 cm³/mol. The van der Waals surface area contributed by atoms with Crippen LogP contribution in [0, 0.1) is 5.92 Å². The fourth-order valence-electron chi connectivity index (χ4n) is 1.32. The molecule has 7 nitrogen and oxygen atoms in total. The molecule has 0 aromatic heterocycles. The number of methoxy groups -OCH3 is 2. The molecular weight excluding hydrogens is 212 g/mol. The van der Waals surface area contributed by atoms with Crippen molar-refractivity contribution in [2.45, 2.75) is 13.0 Å². The lowest BCUT2D eigenvalue weighted by molar-refractivity contribution is -0.145. The summed E-state index contributed by atoms with van der Waals surface area (Å²) >= 11 is 0. The molecule has 0 aliphatic carbocycles. The topological polar surface area (TPSA) is 96.3 Å². The second kappa shape index (κ2) is 8.96. The average Bonchev–Trinajstić information content (AvgIpc) is 2.28. The third kappa shape index (κ3) is 5.55. The number of nitrogens with one attached hydrogen (secondary N) is 1. The van der Waals surface area contributed by atoms with Gasteiger partial charge in [0, 0.05) is 31.0 Å². The zero-order valence-electron chi connectivity index (χ0n) is 9.84. The van der Waals surface area contributed by atoms with Crippen molar-refractivity contribution in [2.75, 3.05) is 33.9 Å². The van der Waals surface area contributed by atoms with Crippen LogP contribution in [0.1, 0.15) is 6.92 Å². The monoisotopic (exact) mass is 230 g/mol. The SMILES string of the molecule is COCC(C)C(NCCN=[N+]=[N-])C(=O)OC. The van der Waals surface area contributed by atoms with E-state index in [-0.39, 0.29) is 11.9 Å². The Kier molecular flexibility index (Phi) is 8.24. The Morgan fingerprint density at radius 3 is 2.75 bits per heavy atom. The number of azide groups is 1. The molecule has 0 amide bonds. The normalized spacial score (nSPS) is 13.7. The predicted octanol–water partition coefficient (Wildman–Crippen LogP) is 0.710. The van der Waals surface area contributed by atoms with Gasteiger partial charge in [-0.15, -0.1) is 0 Å². The van der Waals surface area contributed by atoms with Crippen LogP contribution in [0.3, 0.4) is 0 Å². The Morgan fingerprint density at radius 2 is 2.25 bits per heavy atom. The molecule has 0 saturated carbocycles. The van der Waals surface area contributed by atoms with E-state index in [9.17, 15) is 4.79 Å². The van der Waals surface area contributed by atoms with Gasteiger partial charge < -0.3 is 14.8 Å². The minimum atomic E-state index is -0.446. The van der Waals surface area contributed by atoms with Crippen molar-refractivity contribution in [1.29, 1.82) is 0 Å². The third-order valence-corrected chi connectivity index (χ3v) is 2.09. The highest BCUT2D eigenvalue weighted by Gasteiger charge is 2.24. The molecule has 0 fully saturated rings. The minimum absolute atomic E-state index is 0.0106. The summed E-state index contributed by atoms with van der Waals surface area (Å²) in [5.74, 6) is -0.353. The molecule has 0 spiro atoms. The van der Waals surface area contributed by atoms with Gasteiger partial charge in [-0.1, -0.05) is 12.0 Å². The fraction of sp³-hybridized carbons (Fsp3) is 0.889. The standard InChI is InChI=1S/C9H18N4O3/c1-7(6-15-2)8(9(14)16-3)11-4-5-12-13-10/h7-8,11H,4-6H2,1-3H3. The number of hydrogen-bond acceptors (Lipinski definition) is 5. The number of carbonyl (C=O) groups is 1. The van der Waals surface area contributed by atoms with Crippen LogP contribution in [0.5, 0.6) is 0 Å². The van der Waals surface area contributed by atoms with Gasteiger partial charge in [0.1, 0.15) is 6.04 Å². The zero-order valence-corrected chi connectivity index (χ0v) is 9.84. The Bertz CT molecular complexity index is 253. The van der Waals surface area contributed by atoms with Gasteiger partial charge in [-0.25, -0.2) is 0 Å². The number of hydrogen-bond donors (Lipinski definition) is 1. The molecule has 0 aromatic carbocycles. The Hall–Kier alpha value is -1.30. The van der Waals surface area contributed by atoms with Crippen LogP contribution in [0.25, 0.3) is 10.4 Å². The Labute approximate surface area is 94.7 Å². The number of esters is 1. The number of carbonyl (C=O) groups excluding carboxylic acids is 1. The molecule has 16 heavy (non-hydrogen) atoms. The molecule has 0 rings (SSSR count). The quantitative estimate of drug-likeness (QED) is 0.218. The molecule has 0 bridgehead atoms. The van der Waals surface area contributed by atoms with E-state index in [0.29, 0.717) is 19.7 Å². The van der Waals surface area contributed by atoms with E-state index in [1.54, 1.807) is 7.11 Å². The van der Waals surface area contributed by atoms with Gasteiger partial charge in [-0.3, -0.25) is 4.79 Å². The average molecular weight is 230 g/mol. The van der Waals surface area contributed by atoms with Crippen molar-refractivity contribution in [3.05, 3.63) is 10.4 Å². The molecule has 7 heteroatoms. The van der Waals surface area contributed by atoms with Gasteiger partial charge in [-0.2, -0.15) is 0 Å². The highest BCUT2D eigenvalue weighted by atomic mass is 16.5. The number of nitrogens with zero attached hydrogens (tertiary/aromatic N) is 3. The van der Waals surface area contributed by atoms with Gasteiger partial charge in [0.05, 0.1) is 13.7 Å². The van der Waals surface area contributed by atoms with E-state index in [1.165, 1.54) is 7.11 Å². The molecule has 0 aliphatic rings. The Balaban J connectivity index is 4.19. The highest BCUT2D eigenvalue weighted by molar-refractivity contribution is 5.76. The van der Waals surface area contributed by atoms with Crippen LogP contribution in [-0.2, 0) is 14.3 Å². The highest BCUT2D eigenvalue weighted by Crippen LogP contribution is 2.05. The molecule has 2 unspecified atom stereocenters. The molecule has 0 aliphatic heterocycles. The maximum absolute atomic E-state index is 11.4. The lowest BCUT2D eigenvalue weighted by atomic mass is 10.0. The van der Waals surface area contributed by atoms with Crippen molar-refractivity contribution >= 4 is 5.97 Å². The maximum atomic E-state index is 11.4.